The van der Waals surface area contributed by atoms with E-state index in [1.54, 1.807) is 45.0 Å². The van der Waals surface area contributed by atoms with Gasteiger partial charge in [-0.1, -0.05) is 18.2 Å². The van der Waals surface area contributed by atoms with Crippen molar-refractivity contribution < 1.29 is 19.4 Å². The maximum Gasteiger partial charge on any atom is 0.343 e. The first kappa shape index (κ1) is 16.7. The Bertz CT molecular complexity index is 761. The number of rotatable bonds is 4. The van der Waals surface area contributed by atoms with E-state index in [2.05, 4.69) is 0 Å². The van der Waals surface area contributed by atoms with Crippen LogP contribution < -0.4 is 4.74 Å². The zero-order valence-electron chi connectivity index (χ0n) is 13.8. The first-order valence-electron chi connectivity index (χ1n) is 7.41. The number of Topliss-reactive ketones (excluding diaryl/α,β-unsaturated/α-hetero) is 1. The Morgan fingerprint density at radius 2 is 1.61 bits per heavy atom. The summed E-state index contributed by atoms with van der Waals surface area (Å²) < 4.78 is 5.58. The summed E-state index contributed by atoms with van der Waals surface area (Å²) in [5, 5.41) is 10.2. The topological polar surface area (TPSA) is 63.6 Å². The summed E-state index contributed by atoms with van der Waals surface area (Å²) in [5.41, 5.74) is 2.87. The van der Waals surface area contributed by atoms with E-state index in [9.17, 15) is 14.7 Å². The molecule has 0 atom stereocenters. The van der Waals surface area contributed by atoms with Crippen LogP contribution in [0.2, 0.25) is 0 Å². The summed E-state index contributed by atoms with van der Waals surface area (Å²) in [7, 11) is 0. The predicted molar refractivity (Wildman–Crippen MR) is 88.1 cm³/mol. The number of ether oxygens (including phenoxy) is 1. The van der Waals surface area contributed by atoms with Crippen LogP contribution in [0.25, 0.3) is 0 Å². The molecule has 0 unspecified atom stereocenters. The van der Waals surface area contributed by atoms with Crippen molar-refractivity contribution in [3.8, 4) is 11.5 Å². The molecule has 0 radical (unpaired) electrons. The van der Waals surface area contributed by atoms with Gasteiger partial charge in [-0.2, -0.15) is 0 Å². The van der Waals surface area contributed by atoms with Crippen LogP contribution >= 0.6 is 0 Å². The number of phenols is 1. The molecule has 0 aliphatic carbocycles. The maximum atomic E-state index is 12.3. The van der Waals surface area contributed by atoms with Gasteiger partial charge in [-0.3, -0.25) is 4.79 Å². The van der Waals surface area contributed by atoms with E-state index in [0.717, 1.165) is 0 Å². The lowest BCUT2D eigenvalue weighted by Crippen LogP contribution is -2.13. The van der Waals surface area contributed by atoms with Gasteiger partial charge in [-0.15, -0.1) is 0 Å². The summed E-state index contributed by atoms with van der Waals surface area (Å²) >= 11 is 0. The fourth-order valence-electron chi connectivity index (χ4n) is 2.49. The molecule has 0 aliphatic heterocycles. The minimum atomic E-state index is -0.483. The van der Waals surface area contributed by atoms with Crippen molar-refractivity contribution >= 4 is 11.8 Å². The minimum Gasteiger partial charge on any atom is -0.507 e. The fraction of sp³-hybridized carbons (Fsp3) is 0.263. The molecular weight excluding hydrogens is 292 g/mol. The first-order valence-corrected chi connectivity index (χ1v) is 7.41. The molecule has 120 valence electrons. The summed E-state index contributed by atoms with van der Waals surface area (Å²) in [4.78, 5) is 23.9. The zero-order valence-corrected chi connectivity index (χ0v) is 13.8. The Hall–Kier alpha value is -2.62. The van der Waals surface area contributed by atoms with Crippen molar-refractivity contribution in [3.63, 3.8) is 0 Å². The van der Waals surface area contributed by atoms with Crippen LogP contribution in [0.3, 0.4) is 0 Å². The lowest BCUT2D eigenvalue weighted by molar-refractivity contribution is -0.116. The van der Waals surface area contributed by atoms with Gasteiger partial charge in [0.15, 0.2) is 0 Å². The predicted octanol–water partition coefficient (Wildman–Crippen LogP) is 3.67. The van der Waals surface area contributed by atoms with Gasteiger partial charge in [0, 0.05) is 12.0 Å². The molecular formula is C19H20O4. The monoisotopic (exact) mass is 312 g/mol. The van der Waals surface area contributed by atoms with Crippen LogP contribution in [0.1, 0.15) is 39.5 Å². The van der Waals surface area contributed by atoms with E-state index in [0.29, 0.717) is 33.6 Å². The summed E-state index contributed by atoms with van der Waals surface area (Å²) in [5.74, 6) is -0.0455. The van der Waals surface area contributed by atoms with E-state index < -0.39 is 5.97 Å². The van der Waals surface area contributed by atoms with Gasteiger partial charge in [-0.25, -0.2) is 4.79 Å². The maximum absolute atomic E-state index is 12.3. The zero-order chi connectivity index (χ0) is 17.1. The minimum absolute atomic E-state index is 0.0623. The highest BCUT2D eigenvalue weighted by Gasteiger charge is 2.21. The molecule has 0 aromatic heterocycles. The third-order valence-corrected chi connectivity index (χ3v) is 3.97. The normalized spacial score (nSPS) is 10.4. The number of benzene rings is 2. The van der Waals surface area contributed by atoms with Gasteiger partial charge < -0.3 is 9.84 Å². The summed E-state index contributed by atoms with van der Waals surface area (Å²) in [6, 6.07) is 8.67. The molecule has 0 spiro atoms. The number of aromatic hydroxyl groups is 1. The highest BCUT2D eigenvalue weighted by Crippen LogP contribution is 2.37. The second kappa shape index (κ2) is 6.65. The second-order valence-electron chi connectivity index (χ2n) is 5.67. The van der Waals surface area contributed by atoms with Gasteiger partial charge in [0.2, 0.25) is 0 Å². The smallest absolute Gasteiger partial charge is 0.343 e. The molecule has 2 aromatic rings. The average molecular weight is 312 g/mol. The van der Waals surface area contributed by atoms with Gasteiger partial charge in [-0.05, 0) is 56.5 Å². The van der Waals surface area contributed by atoms with Crippen molar-refractivity contribution in [1.29, 1.82) is 0 Å². The molecule has 2 aromatic carbocycles. The van der Waals surface area contributed by atoms with Gasteiger partial charge in [0.1, 0.15) is 17.3 Å². The lowest BCUT2D eigenvalue weighted by Gasteiger charge is -2.18. The van der Waals surface area contributed by atoms with Gasteiger partial charge in [0.05, 0.1) is 5.56 Å². The van der Waals surface area contributed by atoms with Crippen molar-refractivity contribution in [2.45, 2.75) is 34.1 Å². The molecule has 0 bridgehead atoms. The molecule has 0 saturated heterocycles. The van der Waals surface area contributed by atoms with E-state index in [4.69, 9.17) is 4.74 Å². The lowest BCUT2D eigenvalue weighted by atomic mass is 9.94. The Morgan fingerprint density at radius 3 is 2.17 bits per heavy atom. The molecule has 0 fully saturated rings. The molecule has 4 heteroatoms. The van der Waals surface area contributed by atoms with Crippen LogP contribution in [0.5, 0.6) is 11.5 Å². The summed E-state index contributed by atoms with van der Waals surface area (Å²) in [6.45, 7) is 6.72. The van der Waals surface area contributed by atoms with Crippen LogP contribution in [0, 0.1) is 20.8 Å². The molecule has 0 heterocycles. The largest absolute Gasteiger partial charge is 0.507 e. The number of esters is 1. The number of ketones is 1. The Morgan fingerprint density at radius 1 is 1.00 bits per heavy atom. The molecule has 0 aliphatic rings. The SMILES string of the molecule is CC(=O)Cc1c(C)c(O)c(C)c(C)c1OC(=O)c1ccccc1. The van der Waals surface area contributed by atoms with Crippen LogP contribution in [-0.2, 0) is 11.2 Å². The summed E-state index contributed by atoms with van der Waals surface area (Å²) in [6.07, 6.45) is 0.109. The van der Waals surface area contributed by atoms with Crippen molar-refractivity contribution in [1.82, 2.24) is 0 Å². The fourth-order valence-corrected chi connectivity index (χ4v) is 2.49. The molecule has 1 N–H and O–H groups in total. The number of carbonyl (C=O) groups is 2. The highest BCUT2D eigenvalue weighted by atomic mass is 16.5. The first-order chi connectivity index (χ1) is 10.8. The second-order valence-corrected chi connectivity index (χ2v) is 5.67. The standard InChI is InChI=1S/C19H20O4/c1-11(20)10-16-14(4)17(21)12(2)13(3)18(16)23-19(22)15-8-6-5-7-9-15/h5-9,21H,10H2,1-4H3. The van der Waals surface area contributed by atoms with Gasteiger partial charge >= 0.3 is 5.97 Å². The third kappa shape index (κ3) is 3.42. The van der Waals surface area contributed by atoms with E-state index in [-0.39, 0.29) is 18.0 Å². The highest BCUT2D eigenvalue weighted by molar-refractivity contribution is 5.92. The number of hydrogen-bond donors (Lipinski definition) is 1. The molecule has 0 amide bonds. The number of carbonyl (C=O) groups excluding carboxylic acids is 2. The quantitative estimate of drug-likeness (QED) is 0.691. The van der Waals surface area contributed by atoms with Crippen molar-refractivity contribution in [2.24, 2.45) is 0 Å². The van der Waals surface area contributed by atoms with Crippen molar-refractivity contribution in [3.05, 3.63) is 58.1 Å². The Balaban J connectivity index is 2.52. The number of phenolic OH excluding ortho intramolecular Hbond substituents is 1. The Kier molecular flexibility index (Phi) is 4.84. The van der Waals surface area contributed by atoms with Crippen LogP contribution in [0.15, 0.2) is 30.3 Å². The van der Waals surface area contributed by atoms with E-state index in [1.807, 2.05) is 6.07 Å². The van der Waals surface area contributed by atoms with Crippen LogP contribution in [-0.4, -0.2) is 16.9 Å². The molecule has 0 saturated carbocycles. The van der Waals surface area contributed by atoms with Crippen LogP contribution in [0.4, 0.5) is 0 Å². The molecule has 23 heavy (non-hydrogen) atoms. The molecule has 4 nitrogen and oxygen atoms in total. The van der Waals surface area contributed by atoms with E-state index in [1.165, 1.54) is 6.92 Å². The average Bonchev–Trinajstić information content (AvgIpc) is 2.54. The number of hydrogen-bond acceptors (Lipinski definition) is 4. The van der Waals surface area contributed by atoms with E-state index >= 15 is 0 Å². The molecule has 2 rings (SSSR count). The third-order valence-electron chi connectivity index (χ3n) is 3.97. The van der Waals surface area contributed by atoms with Gasteiger partial charge in [0.25, 0.3) is 0 Å². The Labute approximate surface area is 135 Å². The van der Waals surface area contributed by atoms with Crippen molar-refractivity contribution in [2.75, 3.05) is 0 Å².